The molecule has 1 heterocycles. The number of benzene rings is 1. The quantitative estimate of drug-likeness (QED) is 0.850. The van der Waals surface area contributed by atoms with Crippen molar-refractivity contribution < 1.29 is 4.79 Å². The highest BCUT2D eigenvalue weighted by molar-refractivity contribution is 5.83. The molecule has 1 amide bonds. The Morgan fingerprint density at radius 1 is 1.25 bits per heavy atom. The molecular formula is C19H23N3O2. The van der Waals surface area contributed by atoms with E-state index in [1.54, 1.807) is 6.07 Å². The van der Waals surface area contributed by atoms with E-state index >= 15 is 0 Å². The number of carbonyl (C=O) groups excluding carboxylic acids is 1. The number of aromatic nitrogens is 2. The van der Waals surface area contributed by atoms with E-state index in [1.165, 1.54) is 4.68 Å². The van der Waals surface area contributed by atoms with E-state index in [4.69, 9.17) is 0 Å². The van der Waals surface area contributed by atoms with Crippen molar-refractivity contribution in [3.8, 4) is 0 Å². The summed E-state index contributed by atoms with van der Waals surface area (Å²) < 4.78 is 1.46. The molecule has 1 fully saturated rings. The summed E-state index contributed by atoms with van der Waals surface area (Å²) in [7, 11) is 0. The molecule has 1 N–H and O–H groups in total. The third kappa shape index (κ3) is 3.91. The van der Waals surface area contributed by atoms with Crippen molar-refractivity contribution in [2.75, 3.05) is 6.54 Å². The molecule has 1 aromatic carbocycles. The highest BCUT2D eigenvalue weighted by Gasteiger charge is 2.25. The summed E-state index contributed by atoms with van der Waals surface area (Å²) in [4.78, 5) is 24.3. The Balaban J connectivity index is 1.58. The van der Waals surface area contributed by atoms with Crippen molar-refractivity contribution in [3.05, 3.63) is 64.1 Å². The van der Waals surface area contributed by atoms with E-state index in [9.17, 15) is 9.59 Å². The number of rotatable bonds is 7. The zero-order valence-electron chi connectivity index (χ0n) is 13.9. The SMILES string of the molecule is CCC(C(=O)NCCn1nc(C2CC2)ccc1=O)c1ccccc1. The van der Waals surface area contributed by atoms with Gasteiger partial charge in [-0.15, -0.1) is 0 Å². The summed E-state index contributed by atoms with van der Waals surface area (Å²) in [6.45, 7) is 2.81. The van der Waals surface area contributed by atoms with Crippen LogP contribution in [0, 0.1) is 0 Å². The lowest BCUT2D eigenvalue weighted by molar-refractivity contribution is -0.122. The zero-order chi connectivity index (χ0) is 16.9. The van der Waals surface area contributed by atoms with Crippen LogP contribution in [0.1, 0.15) is 49.3 Å². The number of hydrogen-bond donors (Lipinski definition) is 1. The van der Waals surface area contributed by atoms with Gasteiger partial charge in [0.2, 0.25) is 5.91 Å². The highest BCUT2D eigenvalue weighted by Crippen LogP contribution is 2.38. The molecule has 0 bridgehead atoms. The number of carbonyl (C=O) groups is 1. The molecule has 5 heteroatoms. The van der Waals surface area contributed by atoms with Crippen LogP contribution in [-0.2, 0) is 11.3 Å². The summed E-state index contributed by atoms with van der Waals surface area (Å²) in [5.74, 6) is 0.345. The molecule has 5 nitrogen and oxygen atoms in total. The van der Waals surface area contributed by atoms with Crippen molar-refractivity contribution in [1.29, 1.82) is 0 Å². The first-order chi connectivity index (χ1) is 11.7. The van der Waals surface area contributed by atoms with Crippen LogP contribution in [0.3, 0.4) is 0 Å². The van der Waals surface area contributed by atoms with Gasteiger partial charge in [-0.2, -0.15) is 5.10 Å². The molecule has 0 radical (unpaired) electrons. The molecule has 1 atom stereocenters. The molecule has 3 rings (SSSR count). The van der Waals surface area contributed by atoms with Gasteiger partial charge in [0, 0.05) is 18.5 Å². The van der Waals surface area contributed by atoms with E-state index in [2.05, 4.69) is 10.4 Å². The predicted octanol–water partition coefficient (Wildman–Crippen LogP) is 2.43. The fourth-order valence-corrected chi connectivity index (χ4v) is 2.89. The van der Waals surface area contributed by atoms with Gasteiger partial charge < -0.3 is 5.32 Å². The van der Waals surface area contributed by atoms with Crippen LogP contribution in [0.5, 0.6) is 0 Å². The van der Waals surface area contributed by atoms with Crippen molar-refractivity contribution in [2.45, 2.75) is 44.6 Å². The maximum absolute atomic E-state index is 12.4. The van der Waals surface area contributed by atoms with Crippen molar-refractivity contribution in [3.63, 3.8) is 0 Å². The van der Waals surface area contributed by atoms with Crippen LogP contribution >= 0.6 is 0 Å². The summed E-state index contributed by atoms with van der Waals surface area (Å²) in [6, 6.07) is 13.2. The lowest BCUT2D eigenvalue weighted by Gasteiger charge is -2.15. The van der Waals surface area contributed by atoms with Gasteiger partial charge in [-0.3, -0.25) is 9.59 Å². The number of nitrogens with zero attached hydrogens (tertiary/aromatic N) is 2. The molecule has 0 aliphatic heterocycles. The molecular weight excluding hydrogens is 302 g/mol. The lowest BCUT2D eigenvalue weighted by Crippen LogP contribution is -2.34. The van der Waals surface area contributed by atoms with E-state index < -0.39 is 0 Å². The highest BCUT2D eigenvalue weighted by atomic mass is 16.2. The van der Waals surface area contributed by atoms with Crippen LogP contribution in [-0.4, -0.2) is 22.2 Å². The first-order valence-corrected chi connectivity index (χ1v) is 8.59. The van der Waals surface area contributed by atoms with E-state index in [-0.39, 0.29) is 17.4 Å². The fourth-order valence-electron chi connectivity index (χ4n) is 2.89. The summed E-state index contributed by atoms with van der Waals surface area (Å²) in [6.07, 6.45) is 3.04. The van der Waals surface area contributed by atoms with Crippen molar-refractivity contribution in [1.82, 2.24) is 15.1 Å². The lowest BCUT2D eigenvalue weighted by atomic mass is 9.96. The van der Waals surface area contributed by atoms with Crippen LogP contribution in [0.2, 0.25) is 0 Å². The largest absolute Gasteiger partial charge is 0.354 e. The Kier molecular flexibility index (Phi) is 5.08. The van der Waals surface area contributed by atoms with Crippen LogP contribution < -0.4 is 10.9 Å². The first kappa shape index (κ1) is 16.4. The minimum atomic E-state index is -0.159. The summed E-state index contributed by atoms with van der Waals surface area (Å²) >= 11 is 0. The van der Waals surface area contributed by atoms with E-state index in [0.717, 1.165) is 30.5 Å². The zero-order valence-corrected chi connectivity index (χ0v) is 13.9. The molecule has 1 unspecified atom stereocenters. The van der Waals surface area contributed by atoms with Gasteiger partial charge in [0.05, 0.1) is 18.2 Å². The Hall–Kier alpha value is -2.43. The molecule has 1 aromatic heterocycles. The molecule has 126 valence electrons. The maximum atomic E-state index is 12.4. The number of nitrogens with one attached hydrogen (secondary N) is 1. The summed E-state index contributed by atoms with van der Waals surface area (Å²) in [5.41, 5.74) is 1.88. The van der Waals surface area contributed by atoms with Gasteiger partial charge >= 0.3 is 0 Å². The normalized spacial score (nSPS) is 15.0. The fraction of sp³-hybridized carbons (Fsp3) is 0.421. The van der Waals surface area contributed by atoms with Gasteiger partial charge in [0.15, 0.2) is 0 Å². The Bertz CT molecular complexity index is 751. The second-order valence-electron chi connectivity index (χ2n) is 6.26. The average Bonchev–Trinajstić information content (AvgIpc) is 3.43. The van der Waals surface area contributed by atoms with Gasteiger partial charge in [0.25, 0.3) is 5.56 Å². The number of amides is 1. The molecule has 1 aliphatic rings. The minimum absolute atomic E-state index is 0.00454. The third-order valence-electron chi connectivity index (χ3n) is 4.43. The maximum Gasteiger partial charge on any atom is 0.266 e. The Morgan fingerprint density at radius 3 is 2.67 bits per heavy atom. The van der Waals surface area contributed by atoms with Crippen molar-refractivity contribution >= 4 is 5.91 Å². The molecule has 0 saturated heterocycles. The number of hydrogen-bond acceptors (Lipinski definition) is 3. The van der Waals surface area contributed by atoms with E-state index in [1.807, 2.05) is 43.3 Å². The third-order valence-corrected chi connectivity index (χ3v) is 4.43. The predicted molar refractivity (Wildman–Crippen MR) is 93.0 cm³/mol. The molecule has 0 spiro atoms. The van der Waals surface area contributed by atoms with Gasteiger partial charge in [0.1, 0.15) is 0 Å². The smallest absolute Gasteiger partial charge is 0.266 e. The van der Waals surface area contributed by atoms with Gasteiger partial charge in [-0.1, -0.05) is 37.3 Å². The monoisotopic (exact) mass is 325 g/mol. The standard InChI is InChI=1S/C19H23N3O2/c1-2-16(14-6-4-3-5-7-14)19(24)20-12-13-22-18(23)11-10-17(21-22)15-8-9-15/h3-7,10-11,15-16H,2,8-9,12-13H2,1H3,(H,20,24). The second kappa shape index (κ2) is 7.43. The van der Waals surface area contributed by atoms with Gasteiger partial charge in [-0.25, -0.2) is 4.68 Å². The topological polar surface area (TPSA) is 64.0 Å². The van der Waals surface area contributed by atoms with Crippen LogP contribution in [0.15, 0.2) is 47.3 Å². The molecule has 24 heavy (non-hydrogen) atoms. The van der Waals surface area contributed by atoms with Gasteiger partial charge in [-0.05, 0) is 30.9 Å². The molecule has 1 aliphatic carbocycles. The van der Waals surface area contributed by atoms with Crippen LogP contribution in [0.25, 0.3) is 0 Å². The first-order valence-electron chi connectivity index (χ1n) is 8.59. The minimum Gasteiger partial charge on any atom is -0.354 e. The second-order valence-corrected chi connectivity index (χ2v) is 6.26. The van der Waals surface area contributed by atoms with Crippen molar-refractivity contribution in [2.24, 2.45) is 0 Å². The van der Waals surface area contributed by atoms with E-state index in [0.29, 0.717) is 19.0 Å². The molecule has 2 aromatic rings. The summed E-state index contributed by atoms with van der Waals surface area (Å²) in [5, 5.41) is 7.34. The Labute approximate surface area is 141 Å². The van der Waals surface area contributed by atoms with Crippen LogP contribution in [0.4, 0.5) is 0 Å². The Morgan fingerprint density at radius 2 is 2.00 bits per heavy atom. The average molecular weight is 325 g/mol. The molecule has 1 saturated carbocycles.